The van der Waals surface area contributed by atoms with Gasteiger partial charge >= 0.3 is 6.03 Å². The largest absolute Gasteiger partial charge is 0.497 e. The first kappa shape index (κ1) is 18.3. The highest BCUT2D eigenvalue weighted by atomic mass is 16.5. The molecule has 0 saturated carbocycles. The Kier molecular flexibility index (Phi) is 4.64. The number of aromatic nitrogens is 1. The van der Waals surface area contributed by atoms with Gasteiger partial charge in [0.25, 0.3) is 0 Å². The van der Waals surface area contributed by atoms with Crippen LogP contribution in [-0.2, 0) is 6.54 Å². The van der Waals surface area contributed by atoms with E-state index < -0.39 is 0 Å². The average molecular weight is 397 g/mol. The summed E-state index contributed by atoms with van der Waals surface area (Å²) >= 11 is 0. The number of hydrogen-bond acceptors (Lipinski definition) is 2. The molecular weight excluding hydrogens is 374 g/mol. The molecule has 0 aliphatic carbocycles. The molecule has 30 heavy (non-hydrogen) atoms. The number of benzene rings is 3. The fraction of sp³-hybridized carbons (Fsp3) is 0.160. The maximum atomic E-state index is 13.5. The normalized spacial score (nSPS) is 15.6. The van der Waals surface area contributed by atoms with Gasteiger partial charge in [-0.25, -0.2) is 4.79 Å². The van der Waals surface area contributed by atoms with E-state index >= 15 is 0 Å². The molecule has 0 bridgehead atoms. The summed E-state index contributed by atoms with van der Waals surface area (Å²) in [5, 5.41) is 5.29. The predicted octanol–water partition coefficient (Wildman–Crippen LogP) is 5.29. The molecule has 1 aromatic heterocycles. The summed E-state index contributed by atoms with van der Waals surface area (Å²) in [6.07, 6.45) is 2.07. The zero-order valence-electron chi connectivity index (χ0n) is 16.8. The second-order valence-electron chi connectivity index (χ2n) is 7.46. The molecule has 0 spiro atoms. The number of carbonyl (C=O) groups excluding carboxylic acids is 1. The Hall–Kier alpha value is -3.73. The van der Waals surface area contributed by atoms with Crippen LogP contribution in [0.4, 0.5) is 10.5 Å². The lowest BCUT2D eigenvalue weighted by atomic mass is 10.00. The lowest BCUT2D eigenvalue weighted by Gasteiger charge is -2.37. The van der Waals surface area contributed by atoms with Crippen molar-refractivity contribution in [3.05, 3.63) is 96.3 Å². The number of urea groups is 1. The number of amides is 2. The summed E-state index contributed by atoms with van der Waals surface area (Å²) in [5.74, 6) is 0.783. The number of nitrogens with one attached hydrogen (secondary N) is 1. The van der Waals surface area contributed by atoms with Crippen LogP contribution in [0.1, 0.15) is 17.3 Å². The van der Waals surface area contributed by atoms with E-state index in [4.69, 9.17) is 4.74 Å². The molecule has 0 unspecified atom stereocenters. The maximum Gasteiger partial charge on any atom is 0.322 e. The second kappa shape index (κ2) is 7.59. The smallest absolute Gasteiger partial charge is 0.322 e. The number of carbonyl (C=O) groups is 1. The highest BCUT2D eigenvalue weighted by molar-refractivity contribution is 6.01. The van der Waals surface area contributed by atoms with E-state index in [1.54, 1.807) is 7.11 Å². The Morgan fingerprint density at radius 1 is 0.967 bits per heavy atom. The lowest BCUT2D eigenvalue weighted by Crippen LogP contribution is -2.44. The number of fused-ring (bicyclic) bond motifs is 2. The third kappa shape index (κ3) is 3.18. The van der Waals surface area contributed by atoms with Gasteiger partial charge in [0, 0.05) is 30.4 Å². The molecule has 2 heterocycles. The molecule has 1 aliphatic heterocycles. The van der Waals surface area contributed by atoms with Gasteiger partial charge in [-0.05, 0) is 41.3 Å². The number of anilines is 1. The van der Waals surface area contributed by atoms with E-state index in [9.17, 15) is 4.79 Å². The lowest BCUT2D eigenvalue weighted by molar-refractivity contribution is 0.181. The monoisotopic (exact) mass is 397 g/mol. The van der Waals surface area contributed by atoms with Crippen LogP contribution in [0, 0.1) is 0 Å². The number of rotatable bonds is 3. The molecular formula is C25H23N3O2. The average Bonchev–Trinajstić information content (AvgIpc) is 3.27. The Morgan fingerprint density at radius 3 is 2.70 bits per heavy atom. The van der Waals surface area contributed by atoms with Crippen LogP contribution < -0.4 is 10.1 Å². The zero-order chi connectivity index (χ0) is 20.5. The third-order valence-electron chi connectivity index (χ3n) is 5.74. The minimum atomic E-state index is -0.182. The van der Waals surface area contributed by atoms with E-state index in [0.717, 1.165) is 40.0 Å². The van der Waals surface area contributed by atoms with E-state index in [-0.39, 0.29) is 12.1 Å². The number of methoxy groups -OCH3 is 1. The summed E-state index contributed by atoms with van der Waals surface area (Å²) < 4.78 is 7.64. The van der Waals surface area contributed by atoms with Crippen LogP contribution in [0.3, 0.4) is 0 Å². The summed E-state index contributed by atoms with van der Waals surface area (Å²) in [6.45, 7) is 1.39. The van der Waals surface area contributed by atoms with Gasteiger partial charge in [-0.2, -0.15) is 0 Å². The van der Waals surface area contributed by atoms with Crippen LogP contribution in [-0.4, -0.2) is 29.2 Å². The van der Waals surface area contributed by atoms with Crippen molar-refractivity contribution >= 4 is 22.5 Å². The summed E-state index contributed by atoms with van der Waals surface area (Å²) in [5.41, 5.74) is 2.95. The molecule has 2 amide bonds. The van der Waals surface area contributed by atoms with Gasteiger partial charge in [0.15, 0.2) is 0 Å². The number of nitrogens with zero attached hydrogens (tertiary/aromatic N) is 2. The van der Waals surface area contributed by atoms with Crippen LogP contribution in [0.25, 0.3) is 10.8 Å². The van der Waals surface area contributed by atoms with Crippen LogP contribution in [0.15, 0.2) is 85.1 Å². The number of ether oxygens (including phenoxy) is 1. The molecule has 5 nitrogen and oxygen atoms in total. The molecule has 1 aliphatic rings. The number of hydrogen-bond donors (Lipinski definition) is 1. The van der Waals surface area contributed by atoms with Crippen molar-refractivity contribution in [1.82, 2.24) is 9.47 Å². The van der Waals surface area contributed by atoms with Crippen LogP contribution >= 0.6 is 0 Å². The van der Waals surface area contributed by atoms with Crippen molar-refractivity contribution in [3.63, 3.8) is 0 Å². The van der Waals surface area contributed by atoms with Gasteiger partial charge in [-0.3, -0.25) is 0 Å². The molecule has 5 rings (SSSR count). The third-order valence-corrected chi connectivity index (χ3v) is 5.74. The Labute approximate surface area is 175 Å². The van der Waals surface area contributed by atoms with Gasteiger partial charge in [-0.1, -0.05) is 48.5 Å². The molecule has 1 N–H and O–H groups in total. The molecule has 5 heteroatoms. The fourth-order valence-electron chi connectivity index (χ4n) is 4.29. The van der Waals surface area contributed by atoms with Gasteiger partial charge < -0.3 is 19.5 Å². The zero-order valence-corrected chi connectivity index (χ0v) is 16.8. The first-order chi connectivity index (χ1) is 14.7. The first-order valence-electron chi connectivity index (χ1n) is 10.1. The Bertz CT molecular complexity index is 1210. The van der Waals surface area contributed by atoms with Crippen molar-refractivity contribution in [2.45, 2.75) is 12.6 Å². The highest BCUT2D eigenvalue weighted by Crippen LogP contribution is 2.34. The van der Waals surface area contributed by atoms with Crippen molar-refractivity contribution in [2.24, 2.45) is 0 Å². The molecule has 4 aromatic rings. The fourth-order valence-corrected chi connectivity index (χ4v) is 4.29. The topological polar surface area (TPSA) is 46.5 Å². The van der Waals surface area contributed by atoms with Gasteiger partial charge in [0.1, 0.15) is 5.75 Å². The summed E-state index contributed by atoms with van der Waals surface area (Å²) in [6, 6.07) is 25.8. The summed E-state index contributed by atoms with van der Waals surface area (Å²) in [4.78, 5) is 15.4. The molecule has 0 radical (unpaired) electrons. The highest BCUT2D eigenvalue weighted by Gasteiger charge is 2.32. The van der Waals surface area contributed by atoms with E-state index in [0.29, 0.717) is 6.54 Å². The van der Waals surface area contributed by atoms with Gasteiger partial charge in [-0.15, -0.1) is 0 Å². The van der Waals surface area contributed by atoms with Gasteiger partial charge in [0.05, 0.1) is 18.8 Å². The van der Waals surface area contributed by atoms with Crippen molar-refractivity contribution < 1.29 is 9.53 Å². The molecule has 3 aromatic carbocycles. The van der Waals surface area contributed by atoms with Crippen molar-refractivity contribution in [2.75, 3.05) is 19.0 Å². The summed E-state index contributed by atoms with van der Waals surface area (Å²) in [7, 11) is 1.66. The van der Waals surface area contributed by atoms with Crippen molar-refractivity contribution in [1.29, 1.82) is 0 Å². The Morgan fingerprint density at radius 2 is 1.80 bits per heavy atom. The SMILES string of the molecule is COc1cccc([C@@H]2c3cccn3CCN2C(=O)Nc2cccc3ccccc23)c1. The standard InChI is InChI=1S/C25H23N3O2/c1-30-20-10-4-9-19(17-20)24-23-13-6-14-27(23)15-16-28(24)25(29)26-22-12-5-8-18-7-2-3-11-21(18)22/h2-14,17,24H,15-16H2,1H3,(H,26,29)/t24-/m1/s1. The van der Waals surface area contributed by atoms with Crippen LogP contribution in [0.5, 0.6) is 5.75 Å². The minimum absolute atomic E-state index is 0.105. The molecule has 0 saturated heterocycles. The van der Waals surface area contributed by atoms with Gasteiger partial charge in [0.2, 0.25) is 0 Å². The van der Waals surface area contributed by atoms with Crippen molar-refractivity contribution in [3.8, 4) is 5.75 Å². The maximum absolute atomic E-state index is 13.5. The van der Waals surface area contributed by atoms with E-state index in [1.807, 2.05) is 65.6 Å². The van der Waals surface area contributed by atoms with Crippen LogP contribution in [0.2, 0.25) is 0 Å². The molecule has 1 atom stereocenters. The second-order valence-corrected chi connectivity index (χ2v) is 7.46. The Balaban J connectivity index is 1.52. The van der Waals surface area contributed by atoms with E-state index in [2.05, 4.69) is 34.3 Å². The predicted molar refractivity (Wildman–Crippen MR) is 119 cm³/mol. The minimum Gasteiger partial charge on any atom is -0.497 e. The molecule has 150 valence electrons. The quantitative estimate of drug-likeness (QED) is 0.511. The molecule has 0 fully saturated rings. The first-order valence-corrected chi connectivity index (χ1v) is 10.1. The van der Waals surface area contributed by atoms with E-state index in [1.165, 1.54) is 0 Å².